The third-order valence-electron chi connectivity index (χ3n) is 2.76. The molecule has 0 aliphatic carbocycles. The molecule has 2 aromatic rings. The molecule has 0 heterocycles. The molecule has 20 heavy (non-hydrogen) atoms. The summed E-state index contributed by atoms with van der Waals surface area (Å²) in [5, 5.41) is 13.8. The van der Waals surface area contributed by atoms with E-state index in [1.807, 2.05) is 0 Å². The Bertz CT molecular complexity index is 662. The van der Waals surface area contributed by atoms with Crippen LogP contribution in [0.5, 0.6) is 0 Å². The van der Waals surface area contributed by atoms with E-state index in [0.29, 0.717) is 11.3 Å². The SMILES string of the molecule is Cc1cc(NCc2cc(Br)ccc2F)cc([N+](=O)[O-])c1. The van der Waals surface area contributed by atoms with Crippen molar-refractivity contribution in [2.45, 2.75) is 13.5 Å². The molecule has 0 spiro atoms. The summed E-state index contributed by atoms with van der Waals surface area (Å²) >= 11 is 3.28. The van der Waals surface area contributed by atoms with Gasteiger partial charge < -0.3 is 5.32 Å². The van der Waals surface area contributed by atoms with Crippen molar-refractivity contribution in [1.29, 1.82) is 0 Å². The van der Waals surface area contributed by atoms with Gasteiger partial charge >= 0.3 is 0 Å². The highest BCUT2D eigenvalue weighted by atomic mass is 79.9. The first-order chi connectivity index (χ1) is 9.45. The minimum Gasteiger partial charge on any atom is -0.381 e. The van der Waals surface area contributed by atoms with E-state index in [1.54, 1.807) is 25.1 Å². The summed E-state index contributed by atoms with van der Waals surface area (Å²) in [6.45, 7) is 2.03. The topological polar surface area (TPSA) is 55.2 Å². The lowest BCUT2D eigenvalue weighted by Gasteiger charge is -2.09. The molecule has 0 aliphatic rings. The number of rotatable bonds is 4. The third kappa shape index (κ3) is 3.54. The van der Waals surface area contributed by atoms with Gasteiger partial charge in [0.25, 0.3) is 5.69 Å². The largest absolute Gasteiger partial charge is 0.381 e. The number of aryl methyl sites for hydroxylation is 1. The van der Waals surface area contributed by atoms with Gasteiger partial charge in [-0.25, -0.2) is 4.39 Å². The summed E-state index contributed by atoms with van der Waals surface area (Å²) in [6.07, 6.45) is 0. The van der Waals surface area contributed by atoms with Gasteiger partial charge in [-0.2, -0.15) is 0 Å². The molecule has 0 aromatic heterocycles. The van der Waals surface area contributed by atoms with Gasteiger partial charge in [-0.05, 0) is 36.8 Å². The highest BCUT2D eigenvalue weighted by Crippen LogP contribution is 2.22. The average molecular weight is 339 g/mol. The van der Waals surface area contributed by atoms with Gasteiger partial charge in [0.1, 0.15) is 5.82 Å². The molecule has 0 unspecified atom stereocenters. The van der Waals surface area contributed by atoms with Crippen molar-refractivity contribution in [2.75, 3.05) is 5.32 Å². The summed E-state index contributed by atoms with van der Waals surface area (Å²) in [4.78, 5) is 10.3. The Hall–Kier alpha value is -1.95. The van der Waals surface area contributed by atoms with Crippen molar-refractivity contribution in [1.82, 2.24) is 0 Å². The van der Waals surface area contributed by atoms with E-state index < -0.39 is 4.92 Å². The van der Waals surface area contributed by atoms with E-state index >= 15 is 0 Å². The van der Waals surface area contributed by atoms with Crippen LogP contribution >= 0.6 is 15.9 Å². The molecule has 104 valence electrons. The van der Waals surface area contributed by atoms with Crippen LogP contribution in [0.2, 0.25) is 0 Å². The van der Waals surface area contributed by atoms with Crippen LogP contribution in [0.1, 0.15) is 11.1 Å². The number of nitrogens with zero attached hydrogens (tertiary/aromatic N) is 1. The molecule has 2 rings (SSSR count). The van der Waals surface area contributed by atoms with Crippen LogP contribution in [0.15, 0.2) is 40.9 Å². The van der Waals surface area contributed by atoms with Gasteiger partial charge in [0.05, 0.1) is 4.92 Å². The Morgan fingerprint density at radius 1 is 1.30 bits per heavy atom. The summed E-state index contributed by atoms with van der Waals surface area (Å²) < 4.78 is 14.4. The standard InChI is InChI=1S/C14H12BrFN2O2/c1-9-4-12(7-13(5-9)18(19)20)17-8-10-6-11(15)2-3-14(10)16/h2-7,17H,8H2,1H3. The Balaban J connectivity index is 2.18. The van der Waals surface area contributed by atoms with Gasteiger partial charge in [0, 0.05) is 34.4 Å². The molecule has 0 amide bonds. The Labute approximate surface area is 123 Å². The molecular formula is C14H12BrFN2O2. The fourth-order valence-corrected chi connectivity index (χ4v) is 2.25. The van der Waals surface area contributed by atoms with Crippen molar-refractivity contribution < 1.29 is 9.31 Å². The number of hydrogen-bond donors (Lipinski definition) is 1. The number of hydrogen-bond acceptors (Lipinski definition) is 3. The second-order valence-corrected chi connectivity index (χ2v) is 5.32. The molecule has 2 aromatic carbocycles. The van der Waals surface area contributed by atoms with Gasteiger partial charge in [0.15, 0.2) is 0 Å². The molecule has 0 radical (unpaired) electrons. The first kappa shape index (κ1) is 14.5. The molecule has 0 aliphatic heterocycles. The van der Waals surface area contributed by atoms with Crippen LogP contribution in [-0.2, 0) is 6.54 Å². The van der Waals surface area contributed by atoms with Crippen LogP contribution in [-0.4, -0.2) is 4.92 Å². The lowest BCUT2D eigenvalue weighted by atomic mass is 10.1. The zero-order valence-electron chi connectivity index (χ0n) is 10.7. The van der Waals surface area contributed by atoms with Crippen LogP contribution in [0.3, 0.4) is 0 Å². The number of non-ortho nitro benzene ring substituents is 1. The first-order valence-electron chi connectivity index (χ1n) is 5.89. The number of nitro groups is 1. The zero-order valence-corrected chi connectivity index (χ0v) is 12.3. The van der Waals surface area contributed by atoms with Gasteiger partial charge in [0.2, 0.25) is 0 Å². The van der Waals surface area contributed by atoms with Crippen molar-refractivity contribution in [3.8, 4) is 0 Å². The lowest BCUT2D eigenvalue weighted by molar-refractivity contribution is -0.384. The number of benzene rings is 2. The highest BCUT2D eigenvalue weighted by molar-refractivity contribution is 9.10. The van der Waals surface area contributed by atoms with Crippen molar-refractivity contribution in [3.63, 3.8) is 0 Å². The second-order valence-electron chi connectivity index (χ2n) is 4.40. The number of nitrogens with one attached hydrogen (secondary N) is 1. The molecule has 4 nitrogen and oxygen atoms in total. The third-order valence-corrected chi connectivity index (χ3v) is 3.26. The molecular weight excluding hydrogens is 327 g/mol. The summed E-state index contributed by atoms with van der Waals surface area (Å²) in [6, 6.07) is 9.37. The van der Waals surface area contributed by atoms with Gasteiger partial charge in [-0.1, -0.05) is 15.9 Å². The van der Waals surface area contributed by atoms with Crippen molar-refractivity contribution in [2.24, 2.45) is 0 Å². The number of halogens is 2. The summed E-state index contributed by atoms with van der Waals surface area (Å²) in [5.74, 6) is -0.317. The van der Waals surface area contributed by atoms with E-state index in [-0.39, 0.29) is 18.0 Å². The second kappa shape index (κ2) is 6.00. The minimum atomic E-state index is -0.447. The molecule has 0 fully saturated rings. The molecule has 0 saturated carbocycles. The smallest absolute Gasteiger partial charge is 0.271 e. The Morgan fingerprint density at radius 2 is 2.05 bits per heavy atom. The fourth-order valence-electron chi connectivity index (χ4n) is 1.85. The first-order valence-corrected chi connectivity index (χ1v) is 6.69. The maximum absolute atomic E-state index is 13.6. The fraction of sp³-hybridized carbons (Fsp3) is 0.143. The summed E-state index contributed by atoms with van der Waals surface area (Å²) in [7, 11) is 0. The predicted octanol–water partition coefficient (Wildman–Crippen LogP) is 4.42. The lowest BCUT2D eigenvalue weighted by Crippen LogP contribution is -2.02. The van der Waals surface area contributed by atoms with Gasteiger partial charge in [-0.15, -0.1) is 0 Å². The van der Waals surface area contributed by atoms with Crippen LogP contribution in [0.4, 0.5) is 15.8 Å². The van der Waals surface area contributed by atoms with Crippen LogP contribution in [0.25, 0.3) is 0 Å². The Morgan fingerprint density at radius 3 is 2.75 bits per heavy atom. The zero-order chi connectivity index (χ0) is 14.7. The van der Waals surface area contributed by atoms with Gasteiger partial charge in [-0.3, -0.25) is 10.1 Å². The molecule has 6 heteroatoms. The molecule has 1 N–H and O–H groups in total. The molecule has 0 bridgehead atoms. The monoisotopic (exact) mass is 338 g/mol. The molecule has 0 atom stereocenters. The van der Waals surface area contributed by atoms with Crippen LogP contribution in [0, 0.1) is 22.9 Å². The van der Waals surface area contributed by atoms with E-state index in [2.05, 4.69) is 21.2 Å². The number of anilines is 1. The summed E-state index contributed by atoms with van der Waals surface area (Å²) in [5.41, 5.74) is 1.87. The quantitative estimate of drug-likeness (QED) is 0.663. The minimum absolute atomic E-state index is 0.0159. The van der Waals surface area contributed by atoms with Crippen molar-refractivity contribution >= 4 is 27.3 Å². The van der Waals surface area contributed by atoms with E-state index in [4.69, 9.17) is 0 Å². The van der Waals surface area contributed by atoms with E-state index in [1.165, 1.54) is 18.2 Å². The number of nitro benzene ring substituents is 1. The average Bonchev–Trinajstić information content (AvgIpc) is 2.39. The highest BCUT2D eigenvalue weighted by Gasteiger charge is 2.09. The molecule has 0 saturated heterocycles. The Kier molecular flexibility index (Phi) is 4.34. The normalized spacial score (nSPS) is 10.3. The van der Waals surface area contributed by atoms with Crippen LogP contribution < -0.4 is 5.32 Å². The maximum Gasteiger partial charge on any atom is 0.271 e. The van der Waals surface area contributed by atoms with E-state index in [9.17, 15) is 14.5 Å². The predicted molar refractivity (Wildman–Crippen MR) is 79.3 cm³/mol. The maximum atomic E-state index is 13.6. The van der Waals surface area contributed by atoms with E-state index in [0.717, 1.165) is 10.0 Å². The van der Waals surface area contributed by atoms with Crippen molar-refractivity contribution in [3.05, 3.63) is 67.9 Å².